The Morgan fingerprint density at radius 2 is 1.74 bits per heavy atom. The van der Waals surface area contributed by atoms with E-state index < -0.39 is 29.1 Å². The van der Waals surface area contributed by atoms with E-state index in [9.17, 15) is 28.0 Å². The van der Waals surface area contributed by atoms with Crippen molar-refractivity contribution < 1.29 is 22.8 Å². The summed E-state index contributed by atoms with van der Waals surface area (Å²) in [5.41, 5.74) is -2.34. The van der Waals surface area contributed by atoms with Gasteiger partial charge in [0.2, 0.25) is 11.8 Å². The minimum atomic E-state index is -4.59. The zero-order chi connectivity index (χ0) is 20.8. The van der Waals surface area contributed by atoms with Gasteiger partial charge in [-0.3, -0.25) is 14.5 Å². The first-order valence-corrected chi connectivity index (χ1v) is 8.26. The van der Waals surface area contributed by atoms with Crippen LogP contribution in [0.3, 0.4) is 0 Å². The third-order valence-electron chi connectivity index (χ3n) is 4.12. The molecule has 1 atom stereocenters. The predicted molar refractivity (Wildman–Crippen MR) is 94.6 cm³/mol. The maximum atomic E-state index is 12.9. The van der Waals surface area contributed by atoms with Crippen LogP contribution in [-0.4, -0.2) is 42.4 Å². The largest absolute Gasteiger partial charge is 0.418 e. The zero-order valence-electron chi connectivity index (χ0n) is 15.6. The molecule has 0 bridgehead atoms. The van der Waals surface area contributed by atoms with Crippen LogP contribution in [0, 0.1) is 17.2 Å². The molecule has 6 nitrogen and oxygen atoms in total. The Kier molecular flexibility index (Phi) is 7.37. The van der Waals surface area contributed by atoms with Gasteiger partial charge in [-0.15, -0.1) is 0 Å². The number of nitrogens with zero attached hydrogens (tertiary/aromatic N) is 2. The Balaban J connectivity index is 2.66. The number of nitrogens with one attached hydrogen (secondary N) is 2. The second-order valence-corrected chi connectivity index (χ2v) is 6.78. The van der Waals surface area contributed by atoms with E-state index in [1.165, 1.54) is 24.1 Å². The number of benzene rings is 1. The monoisotopic (exact) mass is 384 g/mol. The molecule has 0 heterocycles. The van der Waals surface area contributed by atoms with Crippen molar-refractivity contribution >= 4 is 17.5 Å². The summed E-state index contributed by atoms with van der Waals surface area (Å²) in [6.45, 7) is 4.71. The molecular formula is C18H23F3N4O2. The fourth-order valence-corrected chi connectivity index (χ4v) is 2.21. The van der Waals surface area contributed by atoms with Gasteiger partial charge in [0.1, 0.15) is 5.54 Å². The van der Waals surface area contributed by atoms with Crippen LogP contribution in [0.1, 0.15) is 26.3 Å². The maximum absolute atomic E-state index is 12.9. The minimum Gasteiger partial charge on any atom is -0.337 e. The first-order valence-electron chi connectivity index (χ1n) is 8.26. The van der Waals surface area contributed by atoms with E-state index in [0.717, 1.165) is 12.1 Å². The molecule has 0 aliphatic carbocycles. The van der Waals surface area contributed by atoms with Gasteiger partial charge >= 0.3 is 6.18 Å². The van der Waals surface area contributed by atoms with Crippen LogP contribution >= 0.6 is 0 Å². The van der Waals surface area contributed by atoms with Gasteiger partial charge in [0.25, 0.3) is 0 Å². The third kappa shape index (κ3) is 6.57. The van der Waals surface area contributed by atoms with Crippen molar-refractivity contribution in [2.75, 3.05) is 25.5 Å². The van der Waals surface area contributed by atoms with Crippen LogP contribution in [0.5, 0.6) is 0 Å². The van der Waals surface area contributed by atoms with Crippen LogP contribution in [0.4, 0.5) is 18.9 Å². The van der Waals surface area contributed by atoms with Gasteiger partial charge in [0.15, 0.2) is 0 Å². The number of carbonyl (C=O) groups is 2. The molecule has 1 rings (SSSR count). The number of carbonyl (C=O) groups excluding carboxylic acids is 2. The summed E-state index contributed by atoms with van der Waals surface area (Å²) in [7, 11) is 1.48. The van der Waals surface area contributed by atoms with Crippen LogP contribution in [0.2, 0.25) is 0 Å². The molecule has 1 aromatic carbocycles. The number of anilines is 1. The van der Waals surface area contributed by atoms with E-state index in [1.54, 1.807) is 20.8 Å². The van der Waals surface area contributed by atoms with Gasteiger partial charge in [-0.05, 0) is 32.0 Å². The van der Waals surface area contributed by atoms with Gasteiger partial charge in [0, 0.05) is 0 Å². The Bertz CT molecular complexity index is 728. The fraction of sp³-hybridized carbons (Fsp3) is 0.500. The SMILES string of the molecule is CC(C)[C@@](C)(C#N)NC(=O)CN(C)CC(=O)Nc1ccccc1C(F)(F)F. The summed E-state index contributed by atoms with van der Waals surface area (Å²) < 4.78 is 38.8. The second kappa shape index (κ2) is 8.86. The van der Waals surface area contributed by atoms with Crippen molar-refractivity contribution in [3.05, 3.63) is 29.8 Å². The van der Waals surface area contributed by atoms with Crippen molar-refractivity contribution in [3.63, 3.8) is 0 Å². The lowest BCUT2D eigenvalue weighted by Crippen LogP contribution is -2.51. The molecular weight excluding hydrogens is 361 g/mol. The Labute approximate surface area is 156 Å². The average molecular weight is 384 g/mol. The molecule has 9 heteroatoms. The quantitative estimate of drug-likeness (QED) is 0.757. The zero-order valence-corrected chi connectivity index (χ0v) is 15.6. The molecule has 0 saturated carbocycles. The van der Waals surface area contributed by atoms with Crippen LogP contribution in [-0.2, 0) is 15.8 Å². The van der Waals surface area contributed by atoms with E-state index in [2.05, 4.69) is 10.6 Å². The highest BCUT2D eigenvalue weighted by atomic mass is 19.4. The number of hydrogen-bond acceptors (Lipinski definition) is 4. The van der Waals surface area contributed by atoms with Gasteiger partial charge in [0.05, 0.1) is 30.4 Å². The molecule has 0 aromatic heterocycles. The van der Waals surface area contributed by atoms with E-state index in [1.807, 2.05) is 6.07 Å². The van der Waals surface area contributed by atoms with E-state index >= 15 is 0 Å². The van der Waals surface area contributed by atoms with Crippen molar-refractivity contribution in [1.82, 2.24) is 10.2 Å². The number of rotatable bonds is 7. The molecule has 0 aliphatic rings. The lowest BCUT2D eigenvalue weighted by atomic mass is 9.90. The van der Waals surface area contributed by atoms with Crippen molar-refractivity contribution in [1.29, 1.82) is 5.26 Å². The highest BCUT2D eigenvalue weighted by Crippen LogP contribution is 2.34. The van der Waals surface area contributed by atoms with Crippen LogP contribution in [0.15, 0.2) is 24.3 Å². The highest BCUT2D eigenvalue weighted by molar-refractivity contribution is 5.93. The Morgan fingerprint density at radius 3 is 2.26 bits per heavy atom. The number of likely N-dealkylation sites (N-methyl/N-ethyl adjacent to an activating group) is 1. The Morgan fingerprint density at radius 1 is 1.19 bits per heavy atom. The van der Waals surface area contributed by atoms with E-state index in [-0.39, 0.29) is 24.7 Å². The first-order chi connectivity index (χ1) is 12.4. The number of halogens is 3. The normalized spacial score (nSPS) is 13.8. The number of alkyl halides is 3. The standard InChI is InChI=1S/C18H23F3N4O2/c1-12(2)17(3,11-22)24-16(27)10-25(4)9-15(26)23-14-8-6-5-7-13(14)18(19,20)21/h5-8,12H,9-10H2,1-4H3,(H,23,26)(H,24,27)/t17-/m1/s1. The molecule has 2 amide bonds. The summed E-state index contributed by atoms with van der Waals surface area (Å²) in [6.07, 6.45) is -4.59. The number of nitriles is 1. The number of amides is 2. The third-order valence-corrected chi connectivity index (χ3v) is 4.12. The molecule has 2 N–H and O–H groups in total. The molecule has 148 valence electrons. The smallest absolute Gasteiger partial charge is 0.337 e. The van der Waals surface area contributed by atoms with Crippen molar-refractivity contribution in [3.8, 4) is 6.07 Å². The van der Waals surface area contributed by atoms with Gasteiger partial charge < -0.3 is 10.6 Å². The fourth-order valence-electron chi connectivity index (χ4n) is 2.21. The summed E-state index contributed by atoms with van der Waals surface area (Å²) in [6, 6.07) is 6.69. The molecule has 1 aromatic rings. The van der Waals surface area contributed by atoms with Gasteiger partial charge in [-0.25, -0.2) is 0 Å². The topological polar surface area (TPSA) is 85.2 Å². The molecule has 0 unspecified atom stereocenters. The van der Waals surface area contributed by atoms with E-state index in [0.29, 0.717) is 0 Å². The highest BCUT2D eigenvalue weighted by Gasteiger charge is 2.34. The Hall–Kier alpha value is -2.60. The molecule has 27 heavy (non-hydrogen) atoms. The molecule has 0 aliphatic heterocycles. The van der Waals surface area contributed by atoms with Crippen molar-refractivity contribution in [2.45, 2.75) is 32.5 Å². The second-order valence-electron chi connectivity index (χ2n) is 6.78. The van der Waals surface area contributed by atoms with Crippen molar-refractivity contribution in [2.24, 2.45) is 5.92 Å². The summed E-state index contributed by atoms with van der Waals surface area (Å²) in [5, 5.41) is 14.0. The average Bonchev–Trinajstić information content (AvgIpc) is 2.53. The molecule has 0 radical (unpaired) electrons. The van der Waals surface area contributed by atoms with Gasteiger partial charge in [-0.1, -0.05) is 26.0 Å². The van der Waals surface area contributed by atoms with Crippen LogP contribution < -0.4 is 10.6 Å². The predicted octanol–water partition coefficient (Wildman–Crippen LogP) is 2.63. The van der Waals surface area contributed by atoms with Gasteiger partial charge in [-0.2, -0.15) is 18.4 Å². The lowest BCUT2D eigenvalue weighted by Gasteiger charge is -2.28. The summed E-state index contributed by atoms with van der Waals surface area (Å²) in [4.78, 5) is 25.4. The maximum Gasteiger partial charge on any atom is 0.418 e. The van der Waals surface area contributed by atoms with E-state index in [4.69, 9.17) is 0 Å². The number of para-hydroxylation sites is 1. The number of hydrogen-bond donors (Lipinski definition) is 2. The molecule has 0 spiro atoms. The molecule has 0 saturated heterocycles. The van der Waals surface area contributed by atoms with Crippen LogP contribution in [0.25, 0.3) is 0 Å². The first kappa shape index (κ1) is 22.4. The summed E-state index contributed by atoms with van der Waals surface area (Å²) in [5.74, 6) is -1.27. The minimum absolute atomic E-state index is 0.126. The molecule has 0 fully saturated rings. The summed E-state index contributed by atoms with van der Waals surface area (Å²) >= 11 is 0. The lowest BCUT2D eigenvalue weighted by molar-refractivity contribution is -0.137.